The first-order chi connectivity index (χ1) is 16.5. The zero-order chi connectivity index (χ0) is 25.1. The molecule has 0 saturated carbocycles. The minimum Gasteiger partial charge on any atom is -0.508 e. The van der Waals surface area contributed by atoms with E-state index in [0.29, 0.717) is 11.5 Å². The lowest BCUT2D eigenvalue weighted by Crippen LogP contribution is -2.15. The number of phenolic OH excluding ortho intramolecular Hbond substituents is 2. The summed E-state index contributed by atoms with van der Waals surface area (Å²) in [6.45, 7) is 12.9. The lowest BCUT2D eigenvalue weighted by molar-refractivity contribution is 0.446. The molecule has 0 heterocycles. The van der Waals surface area contributed by atoms with Crippen LogP contribution in [0.3, 0.4) is 0 Å². The zero-order valence-electron chi connectivity index (χ0n) is 21.5. The van der Waals surface area contributed by atoms with E-state index >= 15 is 0 Å². The fourth-order valence-electron chi connectivity index (χ4n) is 5.83. The summed E-state index contributed by atoms with van der Waals surface area (Å²) >= 11 is 0. The smallest absolute Gasteiger partial charge is 0.119 e. The molecule has 0 atom stereocenters. The first-order valence-corrected chi connectivity index (χ1v) is 12.4. The Morgan fingerprint density at radius 2 is 1.03 bits per heavy atom. The number of benzene rings is 4. The van der Waals surface area contributed by atoms with E-state index in [1.54, 1.807) is 12.1 Å². The second-order valence-corrected chi connectivity index (χ2v) is 11.7. The van der Waals surface area contributed by atoms with E-state index in [9.17, 15) is 10.2 Å². The number of rotatable bonds is 2. The van der Waals surface area contributed by atoms with Crippen molar-refractivity contribution in [3.05, 3.63) is 95.1 Å². The highest BCUT2D eigenvalue weighted by atomic mass is 16.3. The highest BCUT2D eigenvalue weighted by Crippen LogP contribution is 2.51. The molecule has 2 nitrogen and oxygen atoms in total. The number of fused-ring (bicyclic) bond motifs is 3. The summed E-state index contributed by atoms with van der Waals surface area (Å²) in [7, 11) is 0. The van der Waals surface area contributed by atoms with Crippen molar-refractivity contribution in [2.45, 2.75) is 58.8 Å². The van der Waals surface area contributed by atoms with Crippen molar-refractivity contribution >= 4 is 0 Å². The fraction of sp³-hybridized carbons (Fsp3) is 0.273. The minimum absolute atomic E-state index is 0.244. The third kappa shape index (κ3) is 3.82. The Balaban J connectivity index is 1.92. The number of hydrogen-bond donors (Lipinski definition) is 2. The molecule has 0 aliphatic heterocycles. The van der Waals surface area contributed by atoms with Crippen LogP contribution in [0.4, 0.5) is 0 Å². The average molecular weight is 463 g/mol. The molecule has 1 aliphatic rings. The van der Waals surface area contributed by atoms with Crippen molar-refractivity contribution in [2.24, 2.45) is 0 Å². The van der Waals surface area contributed by atoms with E-state index in [4.69, 9.17) is 0 Å². The summed E-state index contributed by atoms with van der Waals surface area (Å²) < 4.78 is 0. The van der Waals surface area contributed by atoms with Crippen molar-refractivity contribution in [3.8, 4) is 44.9 Å². The Bertz CT molecular complexity index is 1450. The Kier molecular flexibility index (Phi) is 5.32. The molecule has 0 fully saturated rings. The summed E-state index contributed by atoms with van der Waals surface area (Å²) in [5.74, 6) is 0.637. The number of phenols is 2. The maximum atomic E-state index is 11.1. The predicted octanol–water partition coefficient (Wildman–Crippen LogP) is 8.60. The van der Waals surface area contributed by atoms with E-state index < -0.39 is 0 Å². The second-order valence-electron chi connectivity index (χ2n) is 11.7. The van der Waals surface area contributed by atoms with E-state index in [2.05, 4.69) is 90.1 Å². The van der Waals surface area contributed by atoms with Crippen molar-refractivity contribution in [3.63, 3.8) is 0 Å². The first-order valence-electron chi connectivity index (χ1n) is 12.4. The lowest BCUT2D eigenvalue weighted by atomic mass is 9.75. The van der Waals surface area contributed by atoms with Crippen LogP contribution >= 0.6 is 0 Å². The standard InChI is InChI=1S/C33H34O2/c1-32(2,3)30-24(13-9-15-27(30)34)23-18-17-22-21-12-8-7-11-20(21)19-26(22)29(23)25-14-10-16-28(35)31(25)33(4,5)6/h7-18,34-35H,19H2,1-6H3. The predicted molar refractivity (Wildman–Crippen MR) is 146 cm³/mol. The lowest BCUT2D eigenvalue weighted by Gasteiger charge is -2.29. The van der Waals surface area contributed by atoms with E-state index in [-0.39, 0.29) is 10.8 Å². The quantitative estimate of drug-likeness (QED) is 0.276. The average Bonchev–Trinajstić information content (AvgIpc) is 3.15. The minimum atomic E-state index is -0.252. The van der Waals surface area contributed by atoms with E-state index in [1.165, 1.54) is 22.3 Å². The van der Waals surface area contributed by atoms with Crippen LogP contribution in [-0.4, -0.2) is 10.2 Å². The fourth-order valence-corrected chi connectivity index (χ4v) is 5.83. The highest BCUT2D eigenvalue weighted by Gasteiger charge is 2.31. The molecule has 0 radical (unpaired) electrons. The molecule has 0 bridgehead atoms. The van der Waals surface area contributed by atoms with Crippen molar-refractivity contribution in [1.29, 1.82) is 0 Å². The van der Waals surface area contributed by atoms with Crippen LogP contribution in [0.25, 0.3) is 33.4 Å². The Labute approximate surface area is 208 Å². The molecule has 0 saturated heterocycles. The van der Waals surface area contributed by atoms with Crippen molar-refractivity contribution < 1.29 is 10.2 Å². The number of hydrogen-bond acceptors (Lipinski definition) is 2. The second kappa shape index (κ2) is 8.02. The molecule has 35 heavy (non-hydrogen) atoms. The molecule has 0 amide bonds. The van der Waals surface area contributed by atoms with Gasteiger partial charge in [-0.3, -0.25) is 0 Å². The van der Waals surface area contributed by atoms with Gasteiger partial charge in [0.1, 0.15) is 11.5 Å². The van der Waals surface area contributed by atoms with Gasteiger partial charge in [-0.25, -0.2) is 0 Å². The van der Waals surface area contributed by atoms with Gasteiger partial charge in [-0.1, -0.05) is 102 Å². The van der Waals surface area contributed by atoms with Gasteiger partial charge in [-0.2, -0.15) is 0 Å². The summed E-state index contributed by atoms with van der Waals surface area (Å²) in [5.41, 5.74) is 10.9. The van der Waals surface area contributed by atoms with Crippen molar-refractivity contribution in [2.75, 3.05) is 0 Å². The van der Waals surface area contributed by atoms with E-state index in [1.807, 2.05) is 12.1 Å². The van der Waals surface area contributed by atoms with Gasteiger partial charge in [0.25, 0.3) is 0 Å². The molecule has 5 rings (SSSR count). The molecule has 178 valence electrons. The molecule has 2 heteroatoms. The zero-order valence-corrected chi connectivity index (χ0v) is 21.5. The van der Waals surface area contributed by atoms with Gasteiger partial charge in [0, 0.05) is 11.1 Å². The van der Waals surface area contributed by atoms with Gasteiger partial charge in [-0.05, 0) is 73.9 Å². The van der Waals surface area contributed by atoms with E-state index in [0.717, 1.165) is 39.8 Å². The van der Waals surface area contributed by atoms with Crippen LogP contribution in [-0.2, 0) is 17.3 Å². The summed E-state index contributed by atoms with van der Waals surface area (Å²) in [6, 6.07) is 24.8. The van der Waals surface area contributed by atoms with Gasteiger partial charge in [0.05, 0.1) is 0 Å². The molecular formula is C33H34O2. The third-order valence-electron chi connectivity index (χ3n) is 7.13. The van der Waals surface area contributed by atoms with Crippen LogP contribution in [0.5, 0.6) is 11.5 Å². The largest absolute Gasteiger partial charge is 0.508 e. The molecule has 4 aromatic rings. The summed E-state index contributed by atoms with van der Waals surface area (Å²) in [4.78, 5) is 0. The monoisotopic (exact) mass is 462 g/mol. The van der Waals surface area contributed by atoms with Crippen molar-refractivity contribution in [1.82, 2.24) is 0 Å². The highest BCUT2D eigenvalue weighted by molar-refractivity contribution is 5.96. The van der Waals surface area contributed by atoms with Gasteiger partial charge < -0.3 is 10.2 Å². The molecule has 1 aliphatic carbocycles. The Hall–Kier alpha value is -3.52. The SMILES string of the molecule is CC(C)(C)c1c(O)cccc1-c1ccc2c(c1-c1cccc(O)c1C(C)(C)C)Cc1ccccc1-2. The molecule has 2 N–H and O–H groups in total. The molecule has 4 aromatic carbocycles. The van der Waals surface area contributed by atoms with Gasteiger partial charge in [-0.15, -0.1) is 0 Å². The summed E-state index contributed by atoms with van der Waals surface area (Å²) in [5, 5.41) is 22.0. The summed E-state index contributed by atoms with van der Waals surface area (Å²) in [6.07, 6.45) is 0.845. The Morgan fingerprint density at radius 3 is 1.66 bits per heavy atom. The van der Waals surface area contributed by atoms with Crippen LogP contribution in [0.15, 0.2) is 72.8 Å². The molecule has 0 spiro atoms. The van der Waals surface area contributed by atoms with Crippen LogP contribution < -0.4 is 0 Å². The molecular weight excluding hydrogens is 428 g/mol. The molecule has 0 aromatic heterocycles. The van der Waals surface area contributed by atoms with Gasteiger partial charge in [0.15, 0.2) is 0 Å². The Morgan fingerprint density at radius 1 is 0.514 bits per heavy atom. The maximum Gasteiger partial charge on any atom is 0.119 e. The maximum absolute atomic E-state index is 11.1. The number of aromatic hydroxyl groups is 2. The van der Waals surface area contributed by atoms with Crippen LogP contribution in [0, 0.1) is 0 Å². The van der Waals surface area contributed by atoms with Gasteiger partial charge >= 0.3 is 0 Å². The third-order valence-corrected chi connectivity index (χ3v) is 7.13. The topological polar surface area (TPSA) is 40.5 Å². The van der Waals surface area contributed by atoms with Gasteiger partial charge in [0.2, 0.25) is 0 Å². The molecule has 0 unspecified atom stereocenters. The first kappa shape index (κ1) is 23.2. The normalized spacial score (nSPS) is 13.0. The van der Waals surface area contributed by atoms with Crippen LogP contribution in [0.1, 0.15) is 63.8 Å². The van der Waals surface area contributed by atoms with Crippen LogP contribution in [0.2, 0.25) is 0 Å².